The minimum atomic E-state index is -0.638. The fourth-order valence-corrected chi connectivity index (χ4v) is 4.77. The molecular weight excluding hydrogens is 426 g/mol. The molecule has 0 unspecified atom stereocenters. The molecule has 6 nitrogen and oxygen atoms in total. The summed E-state index contributed by atoms with van der Waals surface area (Å²) in [6, 6.07) is 22.0. The minimum absolute atomic E-state index is 0.0469. The van der Waals surface area contributed by atoms with Gasteiger partial charge in [-0.3, -0.25) is 9.69 Å². The highest BCUT2D eigenvalue weighted by Crippen LogP contribution is 2.46. The van der Waals surface area contributed by atoms with Crippen LogP contribution in [0.3, 0.4) is 0 Å². The highest BCUT2D eigenvalue weighted by Gasteiger charge is 2.40. The number of carbonyl (C=O) groups excluding carboxylic acids is 2. The Morgan fingerprint density at radius 1 is 1.00 bits per heavy atom. The van der Waals surface area contributed by atoms with Crippen molar-refractivity contribution in [2.45, 2.75) is 32.2 Å². The first kappa shape index (κ1) is 21.8. The van der Waals surface area contributed by atoms with Crippen LogP contribution in [0, 0.1) is 6.92 Å². The van der Waals surface area contributed by atoms with Crippen LogP contribution in [0.15, 0.2) is 84.1 Å². The summed E-state index contributed by atoms with van der Waals surface area (Å²) >= 11 is 0. The van der Waals surface area contributed by atoms with E-state index in [4.69, 9.17) is 4.74 Å². The van der Waals surface area contributed by atoms with E-state index in [2.05, 4.69) is 10.6 Å². The van der Waals surface area contributed by atoms with Crippen LogP contribution in [0.4, 0.5) is 21.9 Å². The second-order valence-electron chi connectivity index (χ2n) is 8.62. The fourth-order valence-electron chi connectivity index (χ4n) is 4.77. The van der Waals surface area contributed by atoms with Crippen molar-refractivity contribution in [1.29, 1.82) is 0 Å². The molecule has 0 saturated heterocycles. The number of fused-ring (bicyclic) bond motifs is 1. The van der Waals surface area contributed by atoms with E-state index in [0.29, 0.717) is 29.1 Å². The van der Waals surface area contributed by atoms with E-state index in [1.165, 1.54) is 0 Å². The first-order valence-electron chi connectivity index (χ1n) is 11.5. The van der Waals surface area contributed by atoms with Gasteiger partial charge in [0.15, 0.2) is 5.78 Å². The number of aryl methyl sites for hydroxylation is 1. The zero-order valence-corrected chi connectivity index (χ0v) is 19.3. The molecule has 1 aliphatic carbocycles. The number of nitrogens with zero attached hydrogens (tertiary/aromatic N) is 1. The molecule has 2 N–H and O–H groups in total. The van der Waals surface area contributed by atoms with Gasteiger partial charge in [-0.15, -0.1) is 0 Å². The summed E-state index contributed by atoms with van der Waals surface area (Å²) in [6.45, 7) is 2.00. The highest BCUT2D eigenvalue weighted by molar-refractivity contribution is 6.09. The lowest BCUT2D eigenvalue weighted by Gasteiger charge is -2.34. The average Bonchev–Trinajstić information content (AvgIpc) is 3.00. The second-order valence-corrected chi connectivity index (χ2v) is 8.62. The summed E-state index contributed by atoms with van der Waals surface area (Å²) in [4.78, 5) is 29.0. The third-order valence-electron chi connectivity index (χ3n) is 6.39. The van der Waals surface area contributed by atoms with Gasteiger partial charge >= 0.3 is 6.03 Å². The predicted molar refractivity (Wildman–Crippen MR) is 134 cm³/mol. The lowest BCUT2D eigenvalue weighted by Crippen LogP contribution is -2.40. The van der Waals surface area contributed by atoms with Crippen molar-refractivity contribution in [3.63, 3.8) is 0 Å². The van der Waals surface area contributed by atoms with Gasteiger partial charge in [0.25, 0.3) is 0 Å². The van der Waals surface area contributed by atoms with Crippen LogP contribution in [0.1, 0.15) is 36.4 Å². The zero-order chi connectivity index (χ0) is 23.7. The Labute approximate surface area is 199 Å². The van der Waals surface area contributed by atoms with Crippen molar-refractivity contribution in [3.05, 3.63) is 95.2 Å². The summed E-state index contributed by atoms with van der Waals surface area (Å²) < 4.78 is 5.69. The van der Waals surface area contributed by atoms with Crippen molar-refractivity contribution < 1.29 is 14.3 Å². The Balaban J connectivity index is 1.72. The minimum Gasteiger partial charge on any atom is -0.496 e. The first-order chi connectivity index (χ1) is 16.6. The molecule has 0 radical (unpaired) electrons. The molecule has 3 aromatic carbocycles. The molecule has 0 fully saturated rings. The molecule has 0 aromatic heterocycles. The molecule has 0 bridgehead atoms. The third-order valence-corrected chi connectivity index (χ3v) is 6.39. The van der Waals surface area contributed by atoms with Crippen molar-refractivity contribution in [2.24, 2.45) is 0 Å². The van der Waals surface area contributed by atoms with Crippen LogP contribution in [-0.4, -0.2) is 18.9 Å². The first-order valence-corrected chi connectivity index (χ1v) is 11.5. The number of carbonyl (C=O) groups is 2. The van der Waals surface area contributed by atoms with Gasteiger partial charge in [0.2, 0.25) is 0 Å². The van der Waals surface area contributed by atoms with E-state index in [0.717, 1.165) is 35.4 Å². The summed E-state index contributed by atoms with van der Waals surface area (Å²) in [5.74, 6) is 0.677. The number of rotatable bonds is 3. The number of Topliss-reactive ketones (excluding diaryl/α,β-unsaturated/α-hetero) is 1. The maximum absolute atomic E-state index is 13.9. The van der Waals surface area contributed by atoms with Crippen molar-refractivity contribution in [1.82, 2.24) is 0 Å². The number of hydrogen-bond acceptors (Lipinski definition) is 4. The van der Waals surface area contributed by atoms with Gasteiger partial charge in [-0.25, -0.2) is 4.79 Å². The second kappa shape index (κ2) is 9.06. The van der Waals surface area contributed by atoms with E-state index >= 15 is 0 Å². The van der Waals surface area contributed by atoms with Crippen LogP contribution in [0.25, 0.3) is 0 Å². The van der Waals surface area contributed by atoms with Gasteiger partial charge in [-0.2, -0.15) is 0 Å². The molecule has 1 atom stereocenters. The molecule has 2 aliphatic rings. The third kappa shape index (κ3) is 3.92. The standard InChI is InChI=1S/C28H27N3O3/c1-18-14-16-19(17-15-18)29-28(33)31-23-11-5-4-9-21(23)30-22-10-7-12-24(32)26(22)27(31)20-8-3-6-13-25(20)34-2/h3-6,8-9,11,13-17,27,30H,7,10,12H2,1-2H3,(H,29,33)/t27-/m0/s1. The Morgan fingerprint density at radius 3 is 2.53 bits per heavy atom. The Kier molecular flexibility index (Phi) is 5.80. The SMILES string of the molecule is COc1ccccc1[C@H]1C2=C(CCCC2=O)Nc2ccccc2N1C(=O)Nc1ccc(C)cc1. The maximum Gasteiger partial charge on any atom is 0.327 e. The topological polar surface area (TPSA) is 70.7 Å². The number of urea groups is 1. The molecule has 2 amide bonds. The molecular formula is C28H27N3O3. The predicted octanol–water partition coefficient (Wildman–Crippen LogP) is 6.22. The normalized spacial score (nSPS) is 17.3. The van der Waals surface area contributed by atoms with Crippen molar-refractivity contribution in [2.75, 3.05) is 22.6 Å². The zero-order valence-electron chi connectivity index (χ0n) is 19.3. The Hall–Kier alpha value is -4.06. The van der Waals surface area contributed by atoms with E-state index in [1.54, 1.807) is 12.0 Å². The number of benzene rings is 3. The number of allylic oxidation sites excluding steroid dienone is 1. The number of methoxy groups -OCH3 is 1. The molecule has 0 spiro atoms. The van der Waals surface area contributed by atoms with Crippen LogP contribution >= 0.6 is 0 Å². The number of nitrogens with one attached hydrogen (secondary N) is 2. The molecule has 5 rings (SSSR count). The van der Waals surface area contributed by atoms with Gasteiger partial charge in [0.1, 0.15) is 5.75 Å². The van der Waals surface area contributed by atoms with Crippen LogP contribution < -0.4 is 20.3 Å². The van der Waals surface area contributed by atoms with E-state index in [9.17, 15) is 9.59 Å². The average molecular weight is 454 g/mol. The largest absolute Gasteiger partial charge is 0.496 e. The highest BCUT2D eigenvalue weighted by atomic mass is 16.5. The number of hydrogen-bond donors (Lipinski definition) is 2. The number of ether oxygens (including phenoxy) is 1. The lowest BCUT2D eigenvalue weighted by atomic mass is 9.85. The van der Waals surface area contributed by atoms with Gasteiger partial charge in [-0.1, -0.05) is 48.0 Å². The van der Waals surface area contributed by atoms with E-state index in [-0.39, 0.29) is 11.8 Å². The molecule has 1 aliphatic heterocycles. The van der Waals surface area contributed by atoms with Crippen molar-refractivity contribution in [3.8, 4) is 5.75 Å². The van der Waals surface area contributed by atoms with Gasteiger partial charge in [0.05, 0.1) is 24.5 Å². The van der Waals surface area contributed by atoms with Crippen LogP contribution in [0.5, 0.6) is 5.75 Å². The van der Waals surface area contributed by atoms with Gasteiger partial charge in [0, 0.05) is 28.9 Å². The van der Waals surface area contributed by atoms with E-state index < -0.39 is 6.04 Å². The summed E-state index contributed by atoms with van der Waals surface area (Å²) in [6.07, 6.45) is 1.98. The van der Waals surface area contributed by atoms with Crippen LogP contribution in [-0.2, 0) is 4.79 Å². The maximum atomic E-state index is 13.9. The smallest absolute Gasteiger partial charge is 0.327 e. The number of anilines is 3. The quantitative estimate of drug-likeness (QED) is 0.494. The number of amides is 2. The van der Waals surface area contributed by atoms with E-state index in [1.807, 2.05) is 79.7 Å². The number of ketones is 1. The van der Waals surface area contributed by atoms with Gasteiger partial charge < -0.3 is 15.4 Å². The molecule has 3 aromatic rings. The fraction of sp³-hybridized carbons (Fsp3) is 0.214. The molecule has 34 heavy (non-hydrogen) atoms. The van der Waals surface area contributed by atoms with Crippen LogP contribution in [0.2, 0.25) is 0 Å². The molecule has 172 valence electrons. The number of para-hydroxylation sites is 3. The molecule has 1 heterocycles. The molecule has 6 heteroatoms. The van der Waals surface area contributed by atoms with Gasteiger partial charge in [-0.05, 0) is 50.1 Å². The Morgan fingerprint density at radius 2 is 1.74 bits per heavy atom. The summed E-state index contributed by atoms with van der Waals surface area (Å²) in [5.41, 5.74) is 5.54. The Bertz CT molecular complexity index is 1280. The summed E-state index contributed by atoms with van der Waals surface area (Å²) in [5, 5.41) is 6.52. The monoisotopic (exact) mass is 453 g/mol. The lowest BCUT2D eigenvalue weighted by molar-refractivity contribution is -0.116. The molecule has 0 saturated carbocycles. The summed E-state index contributed by atoms with van der Waals surface area (Å²) in [7, 11) is 1.61. The van der Waals surface area contributed by atoms with Crippen molar-refractivity contribution >= 4 is 28.9 Å².